The molecule has 2 aromatic rings. The molecule has 0 saturated carbocycles. The molecule has 1 aliphatic heterocycles. The number of ether oxygens (including phenoxy) is 2. The minimum absolute atomic E-state index is 0.330. The Labute approximate surface area is 205 Å². The van der Waals surface area contributed by atoms with E-state index in [9.17, 15) is 14.4 Å². The first-order chi connectivity index (χ1) is 16.9. The number of hydrogen-bond acceptors (Lipinski definition) is 7. The van der Waals surface area contributed by atoms with Crippen LogP contribution in [0.25, 0.3) is 11.1 Å². The Morgan fingerprint density at radius 2 is 1.66 bits per heavy atom. The molecule has 0 aliphatic carbocycles. The van der Waals surface area contributed by atoms with Crippen LogP contribution in [0.3, 0.4) is 0 Å². The fourth-order valence-electron chi connectivity index (χ4n) is 3.93. The summed E-state index contributed by atoms with van der Waals surface area (Å²) in [7, 11) is 2.73. The summed E-state index contributed by atoms with van der Waals surface area (Å²) >= 11 is 0. The number of morpholine rings is 1. The Kier molecular flexibility index (Phi) is 9.77. The highest BCUT2D eigenvalue weighted by molar-refractivity contribution is 6.10. The SMILES string of the molecule is CNC(=O)C(C(=O)CO)N(C)C(=O)c1ccc(-c2ccc(OCCCN3CCOCC3)cc2)cc1. The standard InChI is InChI=1S/C26H33N3O6/c1-27-25(32)24(23(31)18-30)28(2)26(33)21-6-4-19(5-7-21)20-8-10-22(11-9-20)35-15-3-12-29-13-16-34-17-14-29/h4-11,24,30H,3,12-18H2,1-2H3,(H,27,32). The van der Waals surface area contributed by atoms with Gasteiger partial charge in [0, 0.05) is 39.3 Å². The normalized spacial score (nSPS) is 14.7. The van der Waals surface area contributed by atoms with Crippen LogP contribution in [0.15, 0.2) is 48.5 Å². The maximum absolute atomic E-state index is 12.8. The molecule has 1 saturated heterocycles. The third-order valence-corrected chi connectivity index (χ3v) is 5.97. The van der Waals surface area contributed by atoms with Gasteiger partial charge >= 0.3 is 0 Å². The van der Waals surface area contributed by atoms with Gasteiger partial charge in [-0.15, -0.1) is 0 Å². The number of rotatable bonds is 11. The molecule has 1 fully saturated rings. The second kappa shape index (κ2) is 13.0. The van der Waals surface area contributed by atoms with Gasteiger partial charge in [-0.3, -0.25) is 19.3 Å². The van der Waals surface area contributed by atoms with Gasteiger partial charge in [0.1, 0.15) is 12.4 Å². The molecule has 1 aliphatic rings. The fraction of sp³-hybridized carbons (Fsp3) is 0.423. The van der Waals surface area contributed by atoms with Crippen molar-refractivity contribution in [1.82, 2.24) is 15.1 Å². The monoisotopic (exact) mass is 483 g/mol. The van der Waals surface area contributed by atoms with Crippen LogP contribution in [0.2, 0.25) is 0 Å². The average molecular weight is 484 g/mol. The van der Waals surface area contributed by atoms with Crippen molar-refractivity contribution in [3.05, 3.63) is 54.1 Å². The first-order valence-corrected chi connectivity index (χ1v) is 11.7. The molecular weight excluding hydrogens is 450 g/mol. The molecule has 2 aromatic carbocycles. The van der Waals surface area contributed by atoms with Crippen LogP contribution < -0.4 is 10.1 Å². The van der Waals surface area contributed by atoms with E-state index < -0.39 is 30.2 Å². The van der Waals surface area contributed by atoms with Gasteiger partial charge in [0.25, 0.3) is 5.91 Å². The van der Waals surface area contributed by atoms with E-state index in [1.54, 1.807) is 12.1 Å². The first-order valence-electron chi connectivity index (χ1n) is 11.7. The largest absolute Gasteiger partial charge is 0.494 e. The molecule has 0 radical (unpaired) electrons. The number of amides is 2. The lowest BCUT2D eigenvalue weighted by molar-refractivity contribution is -0.135. The van der Waals surface area contributed by atoms with E-state index in [4.69, 9.17) is 14.6 Å². The highest BCUT2D eigenvalue weighted by atomic mass is 16.5. The zero-order chi connectivity index (χ0) is 25.2. The van der Waals surface area contributed by atoms with Crippen molar-refractivity contribution < 1.29 is 29.0 Å². The van der Waals surface area contributed by atoms with Crippen LogP contribution >= 0.6 is 0 Å². The van der Waals surface area contributed by atoms with Crippen molar-refractivity contribution in [2.45, 2.75) is 12.5 Å². The molecule has 1 atom stereocenters. The van der Waals surface area contributed by atoms with Crippen molar-refractivity contribution in [3.63, 3.8) is 0 Å². The lowest BCUT2D eigenvalue weighted by Crippen LogP contribution is -2.52. The van der Waals surface area contributed by atoms with Gasteiger partial charge in [-0.1, -0.05) is 24.3 Å². The molecule has 1 unspecified atom stereocenters. The van der Waals surface area contributed by atoms with Crippen LogP contribution in [-0.4, -0.2) is 98.7 Å². The number of nitrogens with one attached hydrogen (secondary N) is 1. The smallest absolute Gasteiger partial charge is 0.254 e. The lowest BCUT2D eigenvalue weighted by Gasteiger charge is -2.26. The predicted molar refractivity (Wildman–Crippen MR) is 131 cm³/mol. The van der Waals surface area contributed by atoms with Crippen molar-refractivity contribution >= 4 is 17.6 Å². The lowest BCUT2D eigenvalue weighted by atomic mass is 10.0. The molecule has 2 N–H and O–H groups in total. The number of nitrogens with zero attached hydrogens (tertiary/aromatic N) is 2. The van der Waals surface area contributed by atoms with E-state index in [1.165, 1.54) is 14.1 Å². The van der Waals surface area contributed by atoms with Crippen molar-refractivity contribution in [2.24, 2.45) is 0 Å². The van der Waals surface area contributed by atoms with E-state index in [0.717, 1.165) is 61.0 Å². The van der Waals surface area contributed by atoms with Crippen molar-refractivity contribution in [2.75, 3.05) is 60.2 Å². The van der Waals surface area contributed by atoms with E-state index >= 15 is 0 Å². The van der Waals surface area contributed by atoms with E-state index in [0.29, 0.717) is 12.2 Å². The Bertz CT molecular complexity index is 971. The summed E-state index contributed by atoms with van der Waals surface area (Å²) in [5.41, 5.74) is 2.21. The summed E-state index contributed by atoms with van der Waals surface area (Å²) in [6, 6.07) is 13.3. The van der Waals surface area contributed by atoms with Crippen LogP contribution in [0, 0.1) is 0 Å². The van der Waals surface area contributed by atoms with Gasteiger partial charge in [0.05, 0.1) is 19.8 Å². The molecule has 188 valence electrons. The molecule has 0 aromatic heterocycles. The van der Waals surface area contributed by atoms with Gasteiger partial charge in [-0.05, 0) is 41.8 Å². The number of aliphatic hydroxyl groups excluding tert-OH is 1. The molecule has 3 rings (SSSR count). The van der Waals surface area contributed by atoms with Crippen LogP contribution in [0.5, 0.6) is 5.75 Å². The van der Waals surface area contributed by atoms with Crippen molar-refractivity contribution in [3.8, 4) is 16.9 Å². The summed E-state index contributed by atoms with van der Waals surface area (Å²) in [6.45, 7) is 4.37. The third kappa shape index (κ3) is 7.11. The summed E-state index contributed by atoms with van der Waals surface area (Å²) in [5.74, 6) is -1.09. The average Bonchev–Trinajstić information content (AvgIpc) is 2.91. The number of benzene rings is 2. The van der Waals surface area contributed by atoms with E-state index in [2.05, 4.69) is 10.2 Å². The maximum atomic E-state index is 12.8. The van der Waals surface area contributed by atoms with E-state index in [-0.39, 0.29) is 0 Å². The van der Waals surface area contributed by atoms with Crippen LogP contribution in [-0.2, 0) is 14.3 Å². The number of carbonyl (C=O) groups is 3. The number of aliphatic hydroxyl groups is 1. The maximum Gasteiger partial charge on any atom is 0.254 e. The van der Waals surface area contributed by atoms with E-state index in [1.807, 2.05) is 36.4 Å². The van der Waals surface area contributed by atoms with Crippen molar-refractivity contribution in [1.29, 1.82) is 0 Å². The third-order valence-electron chi connectivity index (χ3n) is 5.97. The second-order valence-corrected chi connectivity index (χ2v) is 8.32. The molecule has 0 bridgehead atoms. The summed E-state index contributed by atoms with van der Waals surface area (Å²) in [6.07, 6.45) is 0.955. The zero-order valence-electron chi connectivity index (χ0n) is 20.2. The fourth-order valence-corrected chi connectivity index (χ4v) is 3.93. The number of ketones is 1. The molecule has 0 spiro atoms. The summed E-state index contributed by atoms with van der Waals surface area (Å²) in [4.78, 5) is 40.3. The van der Waals surface area contributed by atoms with Crippen LogP contribution in [0.1, 0.15) is 16.8 Å². The topological polar surface area (TPSA) is 108 Å². The molecule has 9 heteroatoms. The first kappa shape index (κ1) is 26.3. The number of likely N-dealkylation sites (N-methyl/N-ethyl adjacent to an activating group) is 2. The van der Waals surface area contributed by atoms with Crippen LogP contribution in [0.4, 0.5) is 0 Å². The number of carbonyl (C=O) groups excluding carboxylic acids is 3. The molecule has 9 nitrogen and oxygen atoms in total. The highest BCUT2D eigenvalue weighted by Crippen LogP contribution is 2.23. The quantitative estimate of drug-likeness (QED) is 0.365. The Morgan fingerprint density at radius 3 is 2.23 bits per heavy atom. The van der Waals surface area contributed by atoms with Gasteiger partial charge in [0.2, 0.25) is 5.91 Å². The zero-order valence-corrected chi connectivity index (χ0v) is 20.2. The van der Waals surface area contributed by atoms with Gasteiger partial charge in [0.15, 0.2) is 11.8 Å². The predicted octanol–water partition coefficient (Wildman–Crippen LogP) is 1.20. The van der Waals surface area contributed by atoms with Gasteiger partial charge in [-0.25, -0.2) is 0 Å². The van der Waals surface area contributed by atoms with Gasteiger partial charge < -0.3 is 24.8 Å². The minimum atomic E-state index is -1.39. The minimum Gasteiger partial charge on any atom is -0.494 e. The molecular formula is C26H33N3O6. The molecule has 1 heterocycles. The molecule has 35 heavy (non-hydrogen) atoms. The summed E-state index contributed by atoms with van der Waals surface area (Å²) in [5, 5.41) is 11.5. The number of hydrogen-bond donors (Lipinski definition) is 2. The Hall–Kier alpha value is -3.27. The Balaban J connectivity index is 1.56. The summed E-state index contributed by atoms with van der Waals surface area (Å²) < 4.78 is 11.2. The Morgan fingerprint density at radius 1 is 1.06 bits per heavy atom. The second-order valence-electron chi connectivity index (χ2n) is 8.32. The molecule has 2 amide bonds. The highest BCUT2D eigenvalue weighted by Gasteiger charge is 2.32. The number of Topliss-reactive ketones (excluding diaryl/α,β-unsaturated/α-hetero) is 1. The van der Waals surface area contributed by atoms with Gasteiger partial charge in [-0.2, -0.15) is 0 Å².